The Kier molecular flexibility index (Phi) is 3.10. The summed E-state index contributed by atoms with van der Waals surface area (Å²) in [6.07, 6.45) is 4.38. The van der Waals surface area contributed by atoms with Crippen molar-refractivity contribution in [2.75, 3.05) is 6.54 Å². The number of carbonyl (C=O) groups excluding carboxylic acids is 1. The summed E-state index contributed by atoms with van der Waals surface area (Å²) >= 11 is 0. The van der Waals surface area contributed by atoms with E-state index in [1.165, 1.54) is 12.8 Å². The summed E-state index contributed by atoms with van der Waals surface area (Å²) in [6.45, 7) is 6.28. The van der Waals surface area contributed by atoms with Gasteiger partial charge in [0.25, 0.3) is 0 Å². The van der Waals surface area contributed by atoms with E-state index in [4.69, 9.17) is 10.5 Å². The van der Waals surface area contributed by atoms with Crippen molar-refractivity contribution in [2.45, 2.75) is 58.1 Å². The van der Waals surface area contributed by atoms with Crippen LogP contribution in [0, 0.1) is 11.3 Å². The van der Waals surface area contributed by atoms with Crippen LogP contribution in [0.5, 0.6) is 0 Å². The van der Waals surface area contributed by atoms with Crippen molar-refractivity contribution >= 4 is 6.09 Å². The molecule has 2 bridgehead atoms. The molecular weight excluding hydrogens is 216 g/mol. The van der Waals surface area contributed by atoms with E-state index < -0.39 is 5.60 Å². The minimum absolute atomic E-state index is 0.140. The number of fused-ring (bicyclic) bond motifs is 2. The zero-order valence-electron chi connectivity index (χ0n) is 11.1. The van der Waals surface area contributed by atoms with Gasteiger partial charge in [-0.05, 0) is 52.4 Å². The van der Waals surface area contributed by atoms with Crippen LogP contribution in [0.2, 0.25) is 0 Å². The van der Waals surface area contributed by atoms with Crippen LogP contribution >= 0.6 is 0 Å². The fourth-order valence-corrected chi connectivity index (χ4v) is 3.27. The molecule has 0 aromatic carbocycles. The van der Waals surface area contributed by atoms with E-state index in [2.05, 4.69) is 5.32 Å². The Bertz CT molecular complexity index is 311. The third-order valence-corrected chi connectivity index (χ3v) is 4.10. The molecule has 0 aliphatic heterocycles. The summed E-state index contributed by atoms with van der Waals surface area (Å²) in [7, 11) is 0. The predicted molar refractivity (Wildman–Crippen MR) is 66.6 cm³/mol. The largest absolute Gasteiger partial charge is 0.444 e. The average Bonchev–Trinajstić information content (AvgIpc) is 2.69. The highest BCUT2D eigenvalue weighted by Crippen LogP contribution is 2.52. The van der Waals surface area contributed by atoms with Crippen LogP contribution in [0.4, 0.5) is 4.79 Å². The third-order valence-electron chi connectivity index (χ3n) is 4.10. The number of amides is 1. The molecule has 0 saturated heterocycles. The molecule has 0 heterocycles. The van der Waals surface area contributed by atoms with E-state index in [9.17, 15) is 4.79 Å². The first kappa shape index (κ1) is 12.7. The SMILES string of the molecule is CC(C)(C)OC(=O)NCC12CCC(CC1N)C2. The first-order valence-electron chi connectivity index (χ1n) is 6.53. The van der Waals surface area contributed by atoms with Gasteiger partial charge in [-0.2, -0.15) is 0 Å². The molecule has 4 nitrogen and oxygen atoms in total. The van der Waals surface area contributed by atoms with Gasteiger partial charge in [0.1, 0.15) is 5.60 Å². The Morgan fingerprint density at radius 1 is 1.53 bits per heavy atom. The monoisotopic (exact) mass is 240 g/mol. The van der Waals surface area contributed by atoms with Gasteiger partial charge in [-0.3, -0.25) is 0 Å². The number of rotatable bonds is 2. The minimum Gasteiger partial charge on any atom is -0.444 e. The number of ether oxygens (including phenoxy) is 1. The predicted octanol–water partition coefficient (Wildman–Crippen LogP) is 2.03. The van der Waals surface area contributed by atoms with Crippen molar-refractivity contribution in [2.24, 2.45) is 17.1 Å². The molecule has 98 valence electrons. The van der Waals surface area contributed by atoms with E-state index >= 15 is 0 Å². The number of nitrogens with two attached hydrogens (primary N) is 1. The van der Waals surface area contributed by atoms with Crippen LogP contribution in [0.1, 0.15) is 46.5 Å². The standard InChI is InChI=1S/C13H24N2O2/c1-12(2,3)17-11(16)15-8-13-5-4-9(7-13)6-10(13)14/h9-10H,4-8,14H2,1-3H3,(H,15,16). The maximum absolute atomic E-state index is 11.6. The molecule has 0 aromatic heterocycles. The molecule has 2 rings (SSSR count). The van der Waals surface area contributed by atoms with E-state index in [0.29, 0.717) is 6.54 Å². The van der Waals surface area contributed by atoms with Gasteiger partial charge in [-0.15, -0.1) is 0 Å². The molecule has 2 aliphatic rings. The Balaban J connectivity index is 1.84. The third kappa shape index (κ3) is 2.73. The zero-order chi connectivity index (χ0) is 12.7. The lowest BCUT2D eigenvalue weighted by atomic mass is 9.80. The van der Waals surface area contributed by atoms with Crippen molar-refractivity contribution in [3.8, 4) is 0 Å². The van der Waals surface area contributed by atoms with Crippen molar-refractivity contribution in [1.82, 2.24) is 5.32 Å². The molecule has 3 unspecified atom stereocenters. The quantitative estimate of drug-likeness (QED) is 0.776. The molecule has 2 saturated carbocycles. The molecule has 0 spiro atoms. The lowest BCUT2D eigenvalue weighted by Crippen LogP contribution is -2.47. The maximum atomic E-state index is 11.6. The van der Waals surface area contributed by atoms with Gasteiger partial charge in [0, 0.05) is 18.0 Å². The van der Waals surface area contributed by atoms with Crippen LogP contribution in [-0.2, 0) is 4.74 Å². The number of nitrogens with one attached hydrogen (secondary N) is 1. The normalized spacial score (nSPS) is 36.0. The molecule has 0 radical (unpaired) electrons. The van der Waals surface area contributed by atoms with E-state index in [0.717, 1.165) is 18.8 Å². The first-order valence-corrected chi connectivity index (χ1v) is 6.53. The summed E-state index contributed by atoms with van der Waals surface area (Å²) in [5, 5.41) is 2.89. The highest BCUT2D eigenvalue weighted by Gasteiger charge is 2.50. The Labute approximate surface area is 103 Å². The van der Waals surface area contributed by atoms with Crippen LogP contribution in [0.3, 0.4) is 0 Å². The highest BCUT2D eigenvalue weighted by molar-refractivity contribution is 5.67. The van der Waals surface area contributed by atoms with Crippen LogP contribution in [0.15, 0.2) is 0 Å². The summed E-state index contributed by atoms with van der Waals surface area (Å²) in [6, 6.07) is 0.246. The van der Waals surface area contributed by atoms with Gasteiger partial charge in [0.05, 0.1) is 0 Å². The Hall–Kier alpha value is -0.770. The highest BCUT2D eigenvalue weighted by atomic mass is 16.6. The second kappa shape index (κ2) is 4.16. The molecule has 3 N–H and O–H groups in total. The zero-order valence-corrected chi connectivity index (χ0v) is 11.1. The Morgan fingerprint density at radius 3 is 2.71 bits per heavy atom. The lowest BCUT2D eigenvalue weighted by Gasteiger charge is -2.33. The van der Waals surface area contributed by atoms with Gasteiger partial charge >= 0.3 is 6.09 Å². The van der Waals surface area contributed by atoms with Crippen molar-refractivity contribution < 1.29 is 9.53 Å². The molecule has 0 aromatic rings. The van der Waals surface area contributed by atoms with Gasteiger partial charge in [-0.1, -0.05) is 0 Å². The molecule has 2 aliphatic carbocycles. The van der Waals surface area contributed by atoms with Gasteiger partial charge in [0.15, 0.2) is 0 Å². The van der Waals surface area contributed by atoms with Crippen LogP contribution in [0.25, 0.3) is 0 Å². The fraction of sp³-hybridized carbons (Fsp3) is 0.923. The maximum Gasteiger partial charge on any atom is 0.407 e. The average molecular weight is 240 g/mol. The summed E-state index contributed by atoms with van der Waals surface area (Å²) in [5.41, 5.74) is 5.88. The molecule has 17 heavy (non-hydrogen) atoms. The number of carbonyl (C=O) groups is 1. The van der Waals surface area contributed by atoms with Gasteiger partial charge in [0.2, 0.25) is 0 Å². The summed E-state index contributed by atoms with van der Waals surface area (Å²) in [4.78, 5) is 11.6. The van der Waals surface area contributed by atoms with E-state index in [1.807, 2.05) is 20.8 Å². The molecule has 4 heteroatoms. The van der Waals surface area contributed by atoms with Crippen molar-refractivity contribution in [1.29, 1.82) is 0 Å². The number of hydrogen-bond donors (Lipinski definition) is 2. The first-order chi connectivity index (χ1) is 7.81. The lowest BCUT2D eigenvalue weighted by molar-refractivity contribution is 0.0496. The van der Waals surface area contributed by atoms with E-state index in [1.54, 1.807) is 0 Å². The van der Waals surface area contributed by atoms with E-state index in [-0.39, 0.29) is 17.6 Å². The number of hydrogen-bond acceptors (Lipinski definition) is 3. The minimum atomic E-state index is -0.433. The summed E-state index contributed by atoms with van der Waals surface area (Å²) < 4.78 is 5.24. The molecule has 1 amide bonds. The second-order valence-corrected chi connectivity index (χ2v) is 6.67. The fourth-order valence-electron chi connectivity index (χ4n) is 3.27. The van der Waals surface area contributed by atoms with Crippen molar-refractivity contribution in [3.63, 3.8) is 0 Å². The smallest absolute Gasteiger partial charge is 0.407 e. The van der Waals surface area contributed by atoms with Crippen molar-refractivity contribution in [3.05, 3.63) is 0 Å². The van der Waals surface area contributed by atoms with Gasteiger partial charge in [-0.25, -0.2) is 4.79 Å². The summed E-state index contributed by atoms with van der Waals surface area (Å²) in [5.74, 6) is 0.783. The topological polar surface area (TPSA) is 64.3 Å². The molecular formula is C13H24N2O2. The molecule has 3 atom stereocenters. The second-order valence-electron chi connectivity index (χ2n) is 6.67. The van der Waals surface area contributed by atoms with Crippen LogP contribution < -0.4 is 11.1 Å². The van der Waals surface area contributed by atoms with Gasteiger partial charge < -0.3 is 15.8 Å². The Morgan fingerprint density at radius 2 is 2.24 bits per heavy atom. The number of alkyl carbamates (subject to hydrolysis) is 1. The molecule has 2 fully saturated rings. The van der Waals surface area contributed by atoms with Crippen LogP contribution in [-0.4, -0.2) is 24.3 Å².